The zero-order valence-electron chi connectivity index (χ0n) is 16.2. The van der Waals surface area contributed by atoms with E-state index in [9.17, 15) is 9.59 Å². The number of piperazine rings is 1. The van der Waals surface area contributed by atoms with Crippen LogP contribution in [0.5, 0.6) is 0 Å². The molecular weight excluding hydrogens is 388 g/mol. The van der Waals surface area contributed by atoms with E-state index in [1.807, 2.05) is 23.1 Å². The fourth-order valence-electron chi connectivity index (χ4n) is 3.43. The van der Waals surface area contributed by atoms with Crippen LogP contribution in [0.1, 0.15) is 28.4 Å². The number of benzene rings is 1. The second-order valence-corrected chi connectivity index (χ2v) is 8.18. The summed E-state index contributed by atoms with van der Waals surface area (Å²) in [5, 5.41) is 3.89. The van der Waals surface area contributed by atoms with E-state index in [1.54, 1.807) is 23.5 Å². The highest BCUT2D eigenvalue weighted by molar-refractivity contribution is 7.18. The molecule has 152 valence electrons. The summed E-state index contributed by atoms with van der Waals surface area (Å²) >= 11 is 1.74. The van der Waals surface area contributed by atoms with E-state index < -0.39 is 0 Å². The number of furan rings is 1. The molecule has 2 aromatic heterocycles. The van der Waals surface area contributed by atoms with Crippen LogP contribution in [0.4, 0.5) is 0 Å². The van der Waals surface area contributed by atoms with Crippen LogP contribution in [-0.4, -0.2) is 59.3 Å². The number of carbonyl (C=O) groups is 2. The second kappa shape index (κ2) is 9.19. The number of nitrogens with zero attached hydrogens (tertiary/aromatic N) is 3. The smallest absolute Gasteiger partial charge is 0.286 e. The fourth-order valence-corrected chi connectivity index (χ4v) is 4.44. The van der Waals surface area contributed by atoms with Gasteiger partial charge in [-0.3, -0.25) is 14.5 Å². The highest BCUT2D eigenvalue weighted by Crippen LogP contribution is 2.23. The molecule has 3 heterocycles. The lowest BCUT2D eigenvalue weighted by molar-refractivity contribution is -0.133. The molecule has 0 saturated carbocycles. The molecule has 29 heavy (non-hydrogen) atoms. The maximum Gasteiger partial charge on any atom is 0.286 e. The highest BCUT2D eigenvalue weighted by atomic mass is 32.1. The summed E-state index contributed by atoms with van der Waals surface area (Å²) in [6, 6.07) is 11.5. The van der Waals surface area contributed by atoms with Gasteiger partial charge in [0.2, 0.25) is 5.91 Å². The molecular formula is C21H24N4O3S. The van der Waals surface area contributed by atoms with Crippen molar-refractivity contribution in [3.63, 3.8) is 0 Å². The lowest BCUT2D eigenvalue weighted by atomic mass is 10.2. The Morgan fingerprint density at radius 2 is 1.93 bits per heavy atom. The molecule has 2 amide bonds. The van der Waals surface area contributed by atoms with E-state index in [1.165, 1.54) is 11.0 Å². The molecule has 1 N–H and O–H groups in total. The maximum absolute atomic E-state index is 12.4. The number of hydrogen-bond acceptors (Lipinski definition) is 6. The van der Waals surface area contributed by atoms with E-state index in [0.717, 1.165) is 43.2 Å². The topological polar surface area (TPSA) is 78.7 Å². The normalized spacial score (nSPS) is 15.0. The summed E-state index contributed by atoms with van der Waals surface area (Å²) < 4.78 is 6.26. The van der Waals surface area contributed by atoms with Crippen molar-refractivity contribution in [2.45, 2.75) is 19.4 Å². The van der Waals surface area contributed by atoms with Crippen molar-refractivity contribution >= 4 is 33.4 Å². The minimum absolute atomic E-state index is 0.150. The van der Waals surface area contributed by atoms with Gasteiger partial charge < -0.3 is 14.6 Å². The van der Waals surface area contributed by atoms with Crippen LogP contribution in [0, 0.1) is 0 Å². The van der Waals surface area contributed by atoms with Crippen molar-refractivity contribution in [3.8, 4) is 0 Å². The summed E-state index contributed by atoms with van der Waals surface area (Å²) in [5.41, 5.74) is 1.06. The first-order chi connectivity index (χ1) is 14.2. The van der Waals surface area contributed by atoms with E-state index in [-0.39, 0.29) is 11.8 Å². The number of para-hydroxylation sites is 1. The van der Waals surface area contributed by atoms with Gasteiger partial charge in [-0.05, 0) is 30.7 Å². The first-order valence-electron chi connectivity index (χ1n) is 9.85. The molecule has 1 fully saturated rings. The molecule has 1 aliphatic heterocycles. The minimum Gasteiger partial charge on any atom is -0.459 e. The molecule has 3 aromatic rings. The predicted molar refractivity (Wildman–Crippen MR) is 112 cm³/mol. The van der Waals surface area contributed by atoms with Gasteiger partial charge in [-0.25, -0.2) is 4.98 Å². The zero-order valence-corrected chi connectivity index (χ0v) is 17.0. The van der Waals surface area contributed by atoms with Crippen molar-refractivity contribution in [2.75, 3.05) is 32.7 Å². The third kappa shape index (κ3) is 5.02. The van der Waals surface area contributed by atoms with Gasteiger partial charge in [0.25, 0.3) is 5.91 Å². The number of aromatic nitrogens is 1. The van der Waals surface area contributed by atoms with Gasteiger partial charge in [0.1, 0.15) is 5.01 Å². The predicted octanol–water partition coefficient (Wildman–Crippen LogP) is 2.74. The Hall–Kier alpha value is -2.71. The molecule has 0 radical (unpaired) electrons. The second-order valence-electron chi connectivity index (χ2n) is 7.07. The van der Waals surface area contributed by atoms with Gasteiger partial charge in [0.15, 0.2) is 5.76 Å². The largest absolute Gasteiger partial charge is 0.459 e. The quantitative estimate of drug-likeness (QED) is 0.604. The van der Waals surface area contributed by atoms with Crippen molar-refractivity contribution in [3.05, 3.63) is 53.4 Å². The van der Waals surface area contributed by atoms with Crippen LogP contribution in [-0.2, 0) is 11.3 Å². The Kier molecular flexibility index (Phi) is 6.21. The van der Waals surface area contributed by atoms with Crippen LogP contribution in [0.2, 0.25) is 0 Å². The van der Waals surface area contributed by atoms with E-state index in [2.05, 4.69) is 16.3 Å². The lowest BCUT2D eigenvalue weighted by Crippen LogP contribution is -2.48. The Balaban J connectivity index is 1.16. The van der Waals surface area contributed by atoms with Gasteiger partial charge >= 0.3 is 0 Å². The van der Waals surface area contributed by atoms with Crippen LogP contribution >= 0.6 is 11.3 Å². The monoisotopic (exact) mass is 412 g/mol. The standard InChI is InChI=1S/C21H24N4O3S/c26-20(8-3-9-22-21(27)17-6-4-14-28-17)25-12-10-24(11-13-25)15-19-23-16-5-1-2-7-18(16)29-19/h1-2,4-7,14H,3,8-13,15H2,(H,22,27). The van der Waals surface area contributed by atoms with Crippen LogP contribution in [0.15, 0.2) is 47.1 Å². The number of rotatable bonds is 7. The van der Waals surface area contributed by atoms with E-state index >= 15 is 0 Å². The van der Waals surface area contributed by atoms with E-state index in [0.29, 0.717) is 25.1 Å². The number of hydrogen-bond donors (Lipinski definition) is 1. The fraction of sp³-hybridized carbons (Fsp3) is 0.381. The van der Waals surface area contributed by atoms with Gasteiger partial charge in [0.05, 0.1) is 23.0 Å². The van der Waals surface area contributed by atoms with Crippen molar-refractivity contribution in [1.82, 2.24) is 20.1 Å². The molecule has 0 spiro atoms. The van der Waals surface area contributed by atoms with Crippen molar-refractivity contribution < 1.29 is 14.0 Å². The minimum atomic E-state index is -0.245. The zero-order chi connectivity index (χ0) is 20.1. The number of fused-ring (bicyclic) bond motifs is 1. The molecule has 7 nitrogen and oxygen atoms in total. The average Bonchev–Trinajstić information content (AvgIpc) is 3.41. The van der Waals surface area contributed by atoms with Crippen molar-refractivity contribution in [1.29, 1.82) is 0 Å². The molecule has 1 aliphatic rings. The average molecular weight is 413 g/mol. The molecule has 1 aromatic carbocycles. The number of thiazole rings is 1. The molecule has 0 unspecified atom stereocenters. The number of carbonyl (C=O) groups excluding carboxylic acids is 2. The number of amides is 2. The highest BCUT2D eigenvalue weighted by Gasteiger charge is 2.21. The molecule has 0 atom stereocenters. The Bertz CT molecular complexity index is 928. The first kappa shape index (κ1) is 19.6. The summed E-state index contributed by atoms with van der Waals surface area (Å²) in [5.74, 6) is 0.198. The van der Waals surface area contributed by atoms with Gasteiger partial charge in [-0.15, -0.1) is 11.3 Å². The van der Waals surface area contributed by atoms with Crippen LogP contribution in [0.3, 0.4) is 0 Å². The maximum atomic E-state index is 12.4. The molecule has 0 aliphatic carbocycles. The Labute approximate surface area is 173 Å². The van der Waals surface area contributed by atoms with Crippen LogP contribution < -0.4 is 5.32 Å². The van der Waals surface area contributed by atoms with Gasteiger partial charge in [-0.2, -0.15) is 0 Å². The molecule has 1 saturated heterocycles. The third-order valence-corrected chi connectivity index (χ3v) is 6.04. The summed E-state index contributed by atoms with van der Waals surface area (Å²) in [4.78, 5) is 33.2. The third-order valence-electron chi connectivity index (χ3n) is 5.02. The Morgan fingerprint density at radius 1 is 1.10 bits per heavy atom. The molecule has 0 bridgehead atoms. The van der Waals surface area contributed by atoms with Gasteiger partial charge in [0, 0.05) is 39.1 Å². The van der Waals surface area contributed by atoms with Gasteiger partial charge in [-0.1, -0.05) is 12.1 Å². The van der Waals surface area contributed by atoms with E-state index in [4.69, 9.17) is 9.40 Å². The Morgan fingerprint density at radius 3 is 2.69 bits per heavy atom. The SMILES string of the molecule is O=C(NCCCC(=O)N1CCN(Cc2nc3ccccc3s2)CC1)c1ccco1. The summed E-state index contributed by atoms with van der Waals surface area (Å²) in [6.45, 7) is 4.49. The summed E-state index contributed by atoms with van der Waals surface area (Å²) in [7, 11) is 0. The lowest BCUT2D eigenvalue weighted by Gasteiger charge is -2.34. The van der Waals surface area contributed by atoms with Crippen molar-refractivity contribution in [2.24, 2.45) is 0 Å². The molecule has 4 rings (SSSR count). The summed E-state index contributed by atoms with van der Waals surface area (Å²) in [6.07, 6.45) is 2.53. The van der Waals surface area contributed by atoms with Crippen LogP contribution in [0.25, 0.3) is 10.2 Å². The first-order valence-corrected chi connectivity index (χ1v) is 10.7. The molecule has 8 heteroatoms. The number of nitrogens with one attached hydrogen (secondary N) is 1.